The van der Waals surface area contributed by atoms with Crippen molar-refractivity contribution in [3.05, 3.63) is 59.9 Å². The minimum absolute atomic E-state index is 0.0513. The molecule has 0 aliphatic carbocycles. The Morgan fingerprint density at radius 1 is 1.13 bits per heavy atom. The summed E-state index contributed by atoms with van der Waals surface area (Å²) in [6, 6.07) is 14.3. The normalized spacial score (nSPS) is 14.0. The van der Waals surface area contributed by atoms with Crippen LogP contribution in [0.25, 0.3) is 0 Å². The van der Waals surface area contributed by atoms with Gasteiger partial charge in [0.05, 0.1) is 0 Å². The lowest BCUT2D eigenvalue weighted by atomic mass is 10.1. The van der Waals surface area contributed by atoms with Crippen LogP contribution < -0.4 is 5.32 Å². The third-order valence-electron chi connectivity index (χ3n) is 4.19. The number of likely N-dealkylation sites (tertiary alicyclic amines) is 1. The van der Waals surface area contributed by atoms with Crippen molar-refractivity contribution >= 4 is 11.6 Å². The lowest BCUT2D eigenvalue weighted by Crippen LogP contribution is -2.28. The van der Waals surface area contributed by atoms with Crippen LogP contribution in [0.1, 0.15) is 35.3 Å². The van der Waals surface area contributed by atoms with Crippen LogP contribution in [-0.4, -0.2) is 35.4 Å². The molecule has 0 bridgehead atoms. The Morgan fingerprint density at radius 3 is 2.70 bits per heavy atom. The summed E-state index contributed by atoms with van der Waals surface area (Å²) in [6.45, 7) is 2.60. The molecule has 4 nitrogen and oxygen atoms in total. The average Bonchev–Trinajstić information content (AvgIpc) is 3.14. The van der Waals surface area contributed by atoms with E-state index < -0.39 is 0 Å². The summed E-state index contributed by atoms with van der Waals surface area (Å²) in [6.07, 6.45) is 6.02. The Balaban J connectivity index is 1.50. The van der Waals surface area contributed by atoms with Gasteiger partial charge in [-0.3, -0.25) is 9.78 Å². The molecule has 1 aromatic heterocycles. The molecule has 1 aromatic carbocycles. The molecular formula is C19H23N3O. The molecule has 120 valence electrons. The maximum Gasteiger partial charge on any atom is 0.272 e. The molecule has 0 atom stereocenters. The van der Waals surface area contributed by atoms with Crippen LogP contribution in [0.5, 0.6) is 0 Å². The van der Waals surface area contributed by atoms with E-state index in [1.165, 1.54) is 5.56 Å². The minimum Gasteiger partial charge on any atom is -0.385 e. The lowest BCUT2D eigenvalue weighted by molar-refractivity contribution is 0.0787. The van der Waals surface area contributed by atoms with Crippen molar-refractivity contribution in [2.75, 3.05) is 25.0 Å². The smallest absolute Gasteiger partial charge is 0.272 e. The Hall–Kier alpha value is -2.36. The molecule has 23 heavy (non-hydrogen) atoms. The predicted octanol–water partition coefficient (Wildman–Crippen LogP) is 3.36. The molecule has 1 saturated heterocycles. The van der Waals surface area contributed by atoms with E-state index in [1.54, 1.807) is 6.20 Å². The van der Waals surface area contributed by atoms with Gasteiger partial charge in [-0.15, -0.1) is 0 Å². The van der Waals surface area contributed by atoms with E-state index in [0.29, 0.717) is 5.69 Å². The number of aryl methyl sites for hydroxylation is 1. The molecule has 1 aliphatic heterocycles. The van der Waals surface area contributed by atoms with Crippen LogP contribution in [0.2, 0.25) is 0 Å². The summed E-state index contributed by atoms with van der Waals surface area (Å²) in [5.41, 5.74) is 2.87. The Labute approximate surface area is 137 Å². The van der Waals surface area contributed by atoms with Gasteiger partial charge in [-0.1, -0.05) is 30.3 Å². The van der Waals surface area contributed by atoms with Gasteiger partial charge in [0.15, 0.2) is 0 Å². The molecule has 1 N–H and O–H groups in total. The van der Waals surface area contributed by atoms with E-state index in [0.717, 1.165) is 51.0 Å². The number of pyridine rings is 1. The van der Waals surface area contributed by atoms with Gasteiger partial charge in [0.2, 0.25) is 0 Å². The highest BCUT2D eigenvalue weighted by molar-refractivity contribution is 5.93. The van der Waals surface area contributed by atoms with E-state index >= 15 is 0 Å². The van der Waals surface area contributed by atoms with Gasteiger partial charge in [0.25, 0.3) is 5.91 Å². The molecule has 0 unspecified atom stereocenters. The standard InChI is InChI=1S/C19H23N3O/c23-19(22-13-4-5-14-22)18-15-17(10-12-21-18)20-11-6-9-16-7-2-1-3-8-16/h1-3,7-8,10,12,15H,4-6,9,11,13-14H2,(H,20,21). The van der Waals surface area contributed by atoms with Crippen LogP contribution in [0, 0.1) is 0 Å². The number of carbonyl (C=O) groups excluding carboxylic acids is 1. The molecule has 0 radical (unpaired) electrons. The predicted molar refractivity (Wildman–Crippen MR) is 92.6 cm³/mol. The zero-order valence-corrected chi connectivity index (χ0v) is 13.4. The molecule has 2 heterocycles. The first-order valence-corrected chi connectivity index (χ1v) is 8.36. The molecule has 2 aromatic rings. The number of aromatic nitrogens is 1. The number of benzene rings is 1. The zero-order chi connectivity index (χ0) is 15.9. The fourth-order valence-electron chi connectivity index (χ4n) is 2.91. The monoisotopic (exact) mass is 309 g/mol. The number of hydrogen-bond acceptors (Lipinski definition) is 3. The molecule has 1 aliphatic rings. The topological polar surface area (TPSA) is 45.2 Å². The Bertz CT molecular complexity index is 636. The number of anilines is 1. The van der Waals surface area contributed by atoms with Gasteiger partial charge in [-0.05, 0) is 43.4 Å². The molecular weight excluding hydrogens is 286 g/mol. The molecule has 0 saturated carbocycles. The van der Waals surface area contributed by atoms with Crippen molar-refractivity contribution in [2.24, 2.45) is 0 Å². The molecule has 0 spiro atoms. The van der Waals surface area contributed by atoms with Gasteiger partial charge in [0.1, 0.15) is 5.69 Å². The second-order valence-electron chi connectivity index (χ2n) is 5.94. The average molecular weight is 309 g/mol. The molecule has 1 fully saturated rings. The summed E-state index contributed by atoms with van der Waals surface area (Å²) >= 11 is 0. The van der Waals surface area contributed by atoms with Crippen molar-refractivity contribution in [3.8, 4) is 0 Å². The highest BCUT2D eigenvalue weighted by Crippen LogP contribution is 2.14. The van der Waals surface area contributed by atoms with Gasteiger partial charge in [-0.2, -0.15) is 0 Å². The number of nitrogens with one attached hydrogen (secondary N) is 1. The summed E-state index contributed by atoms with van der Waals surface area (Å²) < 4.78 is 0. The first-order valence-electron chi connectivity index (χ1n) is 8.36. The molecule has 1 amide bonds. The SMILES string of the molecule is O=C(c1cc(NCCCc2ccccc2)ccn1)N1CCCC1. The van der Waals surface area contributed by atoms with E-state index in [-0.39, 0.29) is 5.91 Å². The first-order chi connectivity index (χ1) is 11.3. The highest BCUT2D eigenvalue weighted by Gasteiger charge is 2.20. The van der Waals surface area contributed by atoms with Crippen LogP contribution in [0.15, 0.2) is 48.7 Å². The fourth-order valence-corrected chi connectivity index (χ4v) is 2.91. The third-order valence-corrected chi connectivity index (χ3v) is 4.19. The molecule has 4 heteroatoms. The number of nitrogens with zero attached hydrogens (tertiary/aromatic N) is 2. The van der Waals surface area contributed by atoms with Crippen LogP contribution in [0.3, 0.4) is 0 Å². The van der Waals surface area contributed by atoms with Gasteiger partial charge in [-0.25, -0.2) is 0 Å². The van der Waals surface area contributed by atoms with Gasteiger partial charge < -0.3 is 10.2 Å². The van der Waals surface area contributed by atoms with Crippen molar-refractivity contribution in [1.29, 1.82) is 0 Å². The number of carbonyl (C=O) groups is 1. The highest BCUT2D eigenvalue weighted by atomic mass is 16.2. The van der Waals surface area contributed by atoms with Crippen LogP contribution in [0.4, 0.5) is 5.69 Å². The Morgan fingerprint density at radius 2 is 1.91 bits per heavy atom. The van der Waals surface area contributed by atoms with Crippen LogP contribution in [-0.2, 0) is 6.42 Å². The zero-order valence-electron chi connectivity index (χ0n) is 13.4. The van der Waals surface area contributed by atoms with Crippen molar-refractivity contribution < 1.29 is 4.79 Å². The number of rotatable bonds is 6. The van der Waals surface area contributed by atoms with Crippen LogP contribution >= 0.6 is 0 Å². The maximum absolute atomic E-state index is 12.3. The van der Waals surface area contributed by atoms with E-state index in [1.807, 2.05) is 23.1 Å². The first kappa shape index (κ1) is 15.5. The van der Waals surface area contributed by atoms with E-state index in [9.17, 15) is 4.79 Å². The number of amides is 1. The Kier molecular flexibility index (Phi) is 5.25. The van der Waals surface area contributed by atoms with Gasteiger partial charge >= 0.3 is 0 Å². The fraction of sp³-hybridized carbons (Fsp3) is 0.368. The largest absolute Gasteiger partial charge is 0.385 e. The lowest BCUT2D eigenvalue weighted by Gasteiger charge is -2.15. The van der Waals surface area contributed by atoms with Crippen molar-refractivity contribution in [3.63, 3.8) is 0 Å². The summed E-state index contributed by atoms with van der Waals surface area (Å²) in [5, 5.41) is 3.39. The summed E-state index contributed by atoms with van der Waals surface area (Å²) in [7, 11) is 0. The van der Waals surface area contributed by atoms with E-state index in [2.05, 4.69) is 34.6 Å². The second kappa shape index (κ2) is 7.77. The minimum atomic E-state index is 0.0513. The second-order valence-corrected chi connectivity index (χ2v) is 5.94. The summed E-state index contributed by atoms with van der Waals surface area (Å²) in [5.74, 6) is 0.0513. The molecule has 3 rings (SSSR count). The van der Waals surface area contributed by atoms with E-state index in [4.69, 9.17) is 0 Å². The van der Waals surface area contributed by atoms with Crippen molar-refractivity contribution in [1.82, 2.24) is 9.88 Å². The number of hydrogen-bond donors (Lipinski definition) is 1. The van der Waals surface area contributed by atoms with Gasteiger partial charge in [0, 0.05) is 31.5 Å². The quantitative estimate of drug-likeness (QED) is 0.832. The maximum atomic E-state index is 12.3. The summed E-state index contributed by atoms with van der Waals surface area (Å²) in [4.78, 5) is 18.5. The van der Waals surface area contributed by atoms with Crippen molar-refractivity contribution in [2.45, 2.75) is 25.7 Å². The third kappa shape index (κ3) is 4.31.